The van der Waals surface area contributed by atoms with Crippen molar-refractivity contribution in [2.24, 2.45) is 0 Å². The van der Waals surface area contributed by atoms with Crippen LogP contribution in [-0.2, 0) is 6.18 Å². The Morgan fingerprint density at radius 3 is 2.41 bits per heavy atom. The fourth-order valence-electron chi connectivity index (χ4n) is 1.32. The summed E-state index contributed by atoms with van der Waals surface area (Å²) in [6.45, 7) is 0. The van der Waals surface area contributed by atoms with E-state index >= 15 is 0 Å². The van der Waals surface area contributed by atoms with Crippen molar-refractivity contribution in [2.45, 2.75) is 6.18 Å². The van der Waals surface area contributed by atoms with Crippen molar-refractivity contribution in [1.82, 2.24) is 9.97 Å². The molecule has 0 aliphatic carbocycles. The number of benzene rings is 1. The maximum Gasteiger partial charge on any atom is 0.416 e. The zero-order chi connectivity index (χ0) is 12.5. The van der Waals surface area contributed by atoms with Gasteiger partial charge in [0.15, 0.2) is 0 Å². The second-order valence-electron chi connectivity index (χ2n) is 3.30. The van der Waals surface area contributed by atoms with Gasteiger partial charge in [-0.2, -0.15) is 13.2 Å². The van der Waals surface area contributed by atoms with Crippen molar-refractivity contribution in [3.8, 4) is 11.3 Å². The third kappa shape index (κ3) is 2.82. The fourth-order valence-corrected chi connectivity index (χ4v) is 1.52. The molecule has 2 aromatic rings. The van der Waals surface area contributed by atoms with Crippen LogP contribution in [0.5, 0.6) is 0 Å². The molecule has 0 aliphatic rings. The van der Waals surface area contributed by atoms with Crippen molar-refractivity contribution in [1.29, 1.82) is 0 Å². The van der Waals surface area contributed by atoms with Gasteiger partial charge in [0.05, 0.1) is 23.7 Å². The van der Waals surface area contributed by atoms with Gasteiger partial charge in [0.2, 0.25) is 0 Å². The average molecular weight is 303 g/mol. The number of hydrogen-bond acceptors (Lipinski definition) is 2. The van der Waals surface area contributed by atoms with E-state index in [1.165, 1.54) is 18.5 Å². The van der Waals surface area contributed by atoms with E-state index in [-0.39, 0.29) is 0 Å². The molecule has 0 N–H and O–H groups in total. The van der Waals surface area contributed by atoms with E-state index in [1.54, 1.807) is 6.07 Å². The third-order valence-electron chi connectivity index (χ3n) is 2.11. The number of rotatable bonds is 1. The molecule has 88 valence electrons. The Bertz CT molecular complexity index is 523. The summed E-state index contributed by atoms with van der Waals surface area (Å²) < 4.78 is 38.0. The van der Waals surface area contributed by atoms with Gasteiger partial charge >= 0.3 is 6.18 Å². The lowest BCUT2D eigenvalue weighted by molar-refractivity contribution is -0.137. The maximum absolute atomic E-state index is 12.5. The summed E-state index contributed by atoms with van der Waals surface area (Å²) in [5.74, 6) is 0. The van der Waals surface area contributed by atoms with Gasteiger partial charge in [0.1, 0.15) is 4.60 Å². The van der Waals surface area contributed by atoms with Crippen molar-refractivity contribution in [3.63, 3.8) is 0 Å². The van der Waals surface area contributed by atoms with Crippen molar-refractivity contribution >= 4 is 15.9 Å². The van der Waals surface area contributed by atoms with E-state index in [1.807, 2.05) is 0 Å². The first-order chi connectivity index (χ1) is 7.97. The quantitative estimate of drug-likeness (QED) is 0.798. The summed E-state index contributed by atoms with van der Waals surface area (Å²) in [7, 11) is 0. The van der Waals surface area contributed by atoms with E-state index in [0.717, 1.165) is 12.1 Å². The Balaban J connectivity index is 2.43. The SMILES string of the molecule is FC(F)(F)c1cccc(-c2cnc(Br)cn2)c1. The topological polar surface area (TPSA) is 25.8 Å². The van der Waals surface area contributed by atoms with E-state index < -0.39 is 11.7 Å². The summed E-state index contributed by atoms with van der Waals surface area (Å²) in [4.78, 5) is 7.92. The highest BCUT2D eigenvalue weighted by Gasteiger charge is 2.30. The molecular weight excluding hydrogens is 297 g/mol. The molecule has 0 spiro atoms. The summed E-state index contributed by atoms with van der Waals surface area (Å²) in [6.07, 6.45) is -1.49. The van der Waals surface area contributed by atoms with E-state index in [2.05, 4.69) is 25.9 Å². The van der Waals surface area contributed by atoms with Gasteiger partial charge in [-0.15, -0.1) is 0 Å². The summed E-state index contributed by atoms with van der Waals surface area (Å²) >= 11 is 3.11. The highest BCUT2D eigenvalue weighted by atomic mass is 79.9. The van der Waals surface area contributed by atoms with Crippen LogP contribution in [0.1, 0.15) is 5.56 Å². The summed E-state index contributed by atoms with van der Waals surface area (Å²) in [6, 6.07) is 4.99. The number of halogens is 4. The Labute approximate surface area is 104 Å². The molecule has 0 saturated heterocycles. The third-order valence-corrected chi connectivity index (χ3v) is 2.52. The highest BCUT2D eigenvalue weighted by Crippen LogP contribution is 2.31. The monoisotopic (exact) mass is 302 g/mol. The Hall–Kier alpha value is -1.43. The van der Waals surface area contributed by atoms with E-state index in [0.29, 0.717) is 15.9 Å². The van der Waals surface area contributed by atoms with Crippen LogP contribution in [0.3, 0.4) is 0 Å². The number of hydrogen-bond donors (Lipinski definition) is 0. The highest BCUT2D eigenvalue weighted by molar-refractivity contribution is 9.10. The zero-order valence-electron chi connectivity index (χ0n) is 8.37. The van der Waals surface area contributed by atoms with Crippen LogP contribution in [0.4, 0.5) is 13.2 Å². The van der Waals surface area contributed by atoms with Crippen LogP contribution in [0.25, 0.3) is 11.3 Å². The first kappa shape index (κ1) is 12.0. The molecule has 0 atom stereocenters. The summed E-state index contributed by atoms with van der Waals surface area (Å²) in [5, 5.41) is 0. The van der Waals surface area contributed by atoms with Crippen molar-refractivity contribution < 1.29 is 13.2 Å². The predicted octanol–water partition coefficient (Wildman–Crippen LogP) is 3.92. The van der Waals surface area contributed by atoms with Crippen LogP contribution >= 0.6 is 15.9 Å². The molecule has 0 fully saturated rings. The number of nitrogens with zero attached hydrogens (tertiary/aromatic N) is 2. The predicted molar refractivity (Wildman–Crippen MR) is 60.2 cm³/mol. The van der Waals surface area contributed by atoms with E-state index in [9.17, 15) is 13.2 Å². The van der Waals surface area contributed by atoms with Gasteiger partial charge in [0.25, 0.3) is 0 Å². The molecule has 2 rings (SSSR count). The lowest BCUT2D eigenvalue weighted by Gasteiger charge is -2.08. The largest absolute Gasteiger partial charge is 0.416 e. The Kier molecular flexibility index (Phi) is 3.15. The molecule has 0 saturated carbocycles. The molecule has 1 aromatic carbocycles. The number of alkyl halides is 3. The van der Waals surface area contributed by atoms with Gasteiger partial charge in [-0.3, -0.25) is 4.98 Å². The fraction of sp³-hybridized carbons (Fsp3) is 0.0909. The van der Waals surface area contributed by atoms with Gasteiger partial charge in [-0.1, -0.05) is 12.1 Å². The second kappa shape index (κ2) is 4.44. The second-order valence-corrected chi connectivity index (χ2v) is 4.12. The Morgan fingerprint density at radius 1 is 1.06 bits per heavy atom. The molecule has 1 heterocycles. The van der Waals surface area contributed by atoms with Crippen LogP contribution in [0.15, 0.2) is 41.3 Å². The molecule has 0 unspecified atom stereocenters. The van der Waals surface area contributed by atoms with Crippen molar-refractivity contribution in [2.75, 3.05) is 0 Å². The average Bonchev–Trinajstić information content (AvgIpc) is 2.29. The first-order valence-corrected chi connectivity index (χ1v) is 5.41. The molecular formula is C11H6BrF3N2. The van der Waals surface area contributed by atoms with Crippen molar-refractivity contribution in [3.05, 3.63) is 46.8 Å². The normalized spacial score (nSPS) is 11.5. The van der Waals surface area contributed by atoms with E-state index in [4.69, 9.17) is 0 Å². The smallest absolute Gasteiger partial charge is 0.252 e. The minimum atomic E-state index is -4.35. The molecule has 2 nitrogen and oxygen atoms in total. The van der Waals surface area contributed by atoms with Gasteiger partial charge in [0, 0.05) is 5.56 Å². The zero-order valence-corrected chi connectivity index (χ0v) is 9.96. The van der Waals surface area contributed by atoms with Crippen LogP contribution in [-0.4, -0.2) is 9.97 Å². The van der Waals surface area contributed by atoms with Gasteiger partial charge in [-0.05, 0) is 28.1 Å². The van der Waals surface area contributed by atoms with Crippen LogP contribution in [0, 0.1) is 0 Å². The summed E-state index contributed by atoms with van der Waals surface area (Å²) in [5.41, 5.74) is 0.0962. The Morgan fingerprint density at radius 2 is 1.82 bits per heavy atom. The number of aromatic nitrogens is 2. The molecule has 1 aromatic heterocycles. The molecule has 17 heavy (non-hydrogen) atoms. The molecule has 0 amide bonds. The first-order valence-electron chi connectivity index (χ1n) is 4.62. The molecule has 0 bridgehead atoms. The molecule has 0 aliphatic heterocycles. The van der Waals surface area contributed by atoms with Gasteiger partial charge in [-0.25, -0.2) is 4.98 Å². The van der Waals surface area contributed by atoms with Crippen LogP contribution in [0.2, 0.25) is 0 Å². The lowest BCUT2D eigenvalue weighted by atomic mass is 10.1. The lowest BCUT2D eigenvalue weighted by Crippen LogP contribution is -2.04. The minimum absolute atomic E-state index is 0.389. The van der Waals surface area contributed by atoms with Gasteiger partial charge < -0.3 is 0 Å². The maximum atomic E-state index is 12.5. The molecule has 6 heteroatoms. The van der Waals surface area contributed by atoms with Crippen LogP contribution < -0.4 is 0 Å². The minimum Gasteiger partial charge on any atom is -0.252 e. The molecule has 0 radical (unpaired) electrons. The standard InChI is InChI=1S/C11H6BrF3N2/c12-10-6-16-9(5-17-10)7-2-1-3-8(4-7)11(13,14)15/h1-6H.